The molecule has 0 radical (unpaired) electrons. The average Bonchev–Trinajstić information content (AvgIpc) is 2.96. The van der Waals surface area contributed by atoms with E-state index in [4.69, 9.17) is 0 Å². The van der Waals surface area contributed by atoms with E-state index in [1.54, 1.807) is 6.33 Å². The number of hydrogen-bond donors (Lipinski definition) is 2. The molecule has 1 aromatic rings. The average molecular weight is 224 g/mol. The Morgan fingerprint density at radius 3 is 3.00 bits per heavy atom. The summed E-state index contributed by atoms with van der Waals surface area (Å²) in [5.41, 5.74) is -0.747. The van der Waals surface area contributed by atoms with Gasteiger partial charge in [-0.1, -0.05) is 0 Å². The molecule has 1 fully saturated rings. The first-order chi connectivity index (χ1) is 7.61. The second-order valence-electron chi connectivity index (χ2n) is 4.82. The van der Waals surface area contributed by atoms with Gasteiger partial charge in [0.15, 0.2) is 0 Å². The van der Waals surface area contributed by atoms with Crippen LogP contribution in [0.2, 0.25) is 0 Å². The second-order valence-corrected chi connectivity index (χ2v) is 4.82. The van der Waals surface area contributed by atoms with Crippen molar-refractivity contribution >= 4 is 0 Å². The number of aryl methyl sites for hydroxylation is 1. The van der Waals surface area contributed by atoms with Crippen molar-refractivity contribution in [2.45, 2.75) is 51.3 Å². The molecular weight excluding hydrogens is 204 g/mol. The highest BCUT2D eigenvalue weighted by atomic mass is 16.3. The van der Waals surface area contributed by atoms with Gasteiger partial charge in [-0.2, -0.15) is 5.10 Å². The number of aromatic nitrogens is 3. The Morgan fingerprint density at radius 1 is 1.62 bits per heavy atom. The highest BCUT2D eigenvalue weighted by molar-refractivity contribution is 4.95. The van der Waals surface area contributed by atoms with Crippen LogP contribution in [0.5, 0.6) is 0 Å². The molecule has 0 bridgehead atoms. The van der Waals surface area contributed by atoms with Gasteiger partial charge in [0.05, 0.1) is 5.60 Å². The van der Waals surface area contributed by atoms with Gasteiger partial charge in [0, 0.05) is 25.6 Å². The summed E-state index contributed by atoms with van der Waals surface area (Å²) in [5, 5.41) is 17.7. The van der Waals surface area contributed by atoms with Crippen LogP contribution in [0, 0.1) is 0 Å². The Labute approximate surface area is 95.9 Å². The van der Waals surface area contributed by atoms with Crippen molar-refractivity contribution in [3.8, 4) is 0 Å². The first-order valence-corrected chi connectivity index (χ1v) is 5.93. The van der Waals surface area contributed by atoms with Gasteiger partial charge in [-0.25, -0.2) is 4.98 Å². The molecule has 1 aliphatic carbocycles. The van der Waals surface area contributed by atoms with E-state index in [1.807, 2.05) is 18.5 Å². The molecule has 5 nitrogen and oxygen atoms in total. The van der Waals surface area contributed by atoms with Crippen LogP contribution in [0.4, 0.5) is 0 Å². The van der Waals surface area contributed by atoms with E-state index in [2.05, 4.69) is 15.4 Å². The van der Waals surface area contributed by atoms with Gasteiger partial charge in [0.1, 0.15) is 12.2 Å². The summed E-state index contributed by atoms with van der Waals surface area (Å²) in [4.78, 5) is 4.18. The Bertz CT molecular complexity index is 344. The van der Waals surface area contributed by atoms with E-state index < -0.39 is 5.60 Å². The Kier molecular flexibility index (Phi) is 3.25. The van der Waals surface area contributed by atoms with Crippen LogP contribution in [-0.4, -0.2) is 38.1 Å². The summed E-state index contributed by atoms with van der Waals surface area (Å²) in [6.07, 6.45) is 4.56. The number of aliphatic hydroxyl groups is 1. The topological polar surface area (TPSA) is 63.0 Å². The molecule has 2 N–H and O–H groups in total. The molecule has 0 amide bonds. The van der Waals surface area contributed by atoms with Gasteiger partial charge in [-0.3, -0.25) is 4.68 Å². The molecule has 5 heteroatoms. The monoisotopic (exact) mass is 224 g/mol. The molecule has 1 heterocycles. The lowest BCUT2D eigenvalue weighted by Gasteiger charge is -2.23. The zero-order valence-electron chi connectivity index (χ0n) is 9.98. The van der Waals surface area contributed by atoms with Crippen molar-refractivity contribution in [1.82, 2.24) is 20.1 Å². The third-order valence-corrected chi connectivity index (χ3v) is 2.88. The number of rotatable bonds is 6. The molecular formula is C11H20N4O. The SMILES string of the molecule is CCn1ncnc1CC(C)(O)CNC1CC1. The largest absolute Gasteiger partial charge is 0.388 e. The van der Waals surface area contributed by atoms with Crippen LogP contribution in [0.3, 0.4) is 0 Å². The van der Waals surface area contributed by atoms with Gasteiger partial charge in [0.2, 0.25) is 0 Å². The van der Waals surface area contributed by atoms with Crippen molar-refractivity contribution in [3.63, 3.8) is 0 Å². The minimum absolute atomic E-state index is 0.542. The molecule has 2 rings (SSSR count). The highest BCUT2D eigenvalue weighted by Crippen LogP contribution is 2.20. The molecule has 1 atom stereocenters. The molecule has 0 spiro atoms. The molecule has 0 aromatic carbocycles. The molecule has 1 saturated carbocycles. The predicted octanol–water partition coefficient (Wildman–Crippen LogP) is 0.343. The predicted molar refractivity (Wildman–Crippen MR) is 61.0 cm³/mol. The Balaban J connectivity index is 1.90. The van der Waals surface area contributed by atoms with Crippen LogP contribution in [0.25, 0.3) is 0 Å². The lowest BCUT2D eigenvalue weighted by molar-refractivity contribution is 0.0566. The van der Waals surface area contributed by atoms with Crippen molar-refractivity contribution < 1.29 is 5.11 Å². The Morgan fingerprint density at radius 2 is 2.38 bits per heavy atom. The number of nitrogens with zero attached hydrogens (tertiary/aromatic N) is 3. The van der Waals surface area contributed by atoms with Crippen LogP contribution in [0.1, 0.15) is 32.5 Å². The molecule has 1 aromatic heterocycles. The minimum Gasteiger partial charge on any atom is -0.388 e. The molecule has 0 aliphatic heterocycles. The molecule has 90 valence electrons. The third-order valence-electron chi connectivity index (χ3n) is 2.88. The van der Waals surface area contributed by atoms with Gasteiger partial charge in [0.25, 0.3) is 0 Å². The van der Waals surface area contributed by atoms with E-state index in [1.165, 1.54) is 12.8 Å². The zero-order valence-corrected chi connectivity index (χ0v) is 9.98. The van der Waals surface area contributed by atoms with Gasteiger partial charge >= 0.3 is 0 Å². The van der Waals surface area contributed by atoms with Crippen molar-refractivity contribution in [2.75, 3.05) is 6.54 Å². The summed E-state index contributed by atoms with van der Waals surface area (Å²) < 4.78 is 1.82. The van der Waals surface area contributed by atoms with Gasteiger partial charge in [-0.05, 0) is 26.7 Å². The van der Waals surface area contributed by atoms with Crippen LogP contribution in [-0.2, 0) is 13.0 Å². The lowest BCUT2D eigenvalue weighted by Crippen LogP contribution is -2.41. The summed E-state index contributed by atoms with van der Waals surface area (Å²) in [5.74, 6) is 0.852. The summed E-state index contributed by atoms with van der Waals surface area (Å²) in [6.45, 7) is 5.28. The normalized spacial score (nSPS) is 19.7. The molecule has 1 unspecified atom stereocenters. The van der Waals surface area contributed by atoms with Crippen LogP contribution >= 0.6 is 0 Å². The quantitative estimate of drug-likeness (QED) is 0.731. The maximum Gasteiger partial charge on any atom is 0.138 e. The van der Waals surface area contributed by atoms with E-state index >= 15 is 0 Å². The third kappa shape index (κ3) is 3.02. The summed E-state index contributed by atoms with van der Waals surface area (Å²) in [7, 11) is 0. The first kappa shape index (κ1) is 11.5. The fraction of sp³-hybridized carbons (Fsp3) is 0.818. The minimum atomic E-state index is -0.747. The fourth-order valence-corrected chi connectivity index (χ4v) is 1.74. The fourth-order valence-electron chi connectivity index (χ4n) is 1.74. The first-order valence-electron chi connectivity index (χ1n) is 5.93. The smallest absolute Gasteiger partial charge is 0.138 e. The van der Waals surface area contributed by atoms with Crippen LogP contribution < -0.4 is 5.32 Å². The van der Waals surface area contributed by atoms with Gasteiger partial charge < -0.3 is 10.4 Å². The van der Waals surface area contributed by atoms with Crippen molar-refractivity contribution in [3.05, 3.63) is 12.2 Å². The molecule has 16 heavy (non-hydrogen) atoms. The van der Waals surface area contributed by atoms with Crippen LogP contribution in [0.15, 0.2) is 6.33 Å². The maximum absolute atomic E-state index is 10.2. The van der Waals surface area contributed by atoms with E-state index in [-0.39, 0.29) is 0 Å². The van der Waals surface area contributed by atoms with Gasteiger partial charge in [-0.15, -0.1) is 0 Å². The number of hydrogen-bond acceptors (Lipinski definition) is 4. The van der Waals surface area contributed by atoms with E-state index in [9.17, 15) is 5.11 Å². The summed E-state index contributed by atoms with van der Waals surface area (Å²) in [6, 6.07) is 0.621. The standard InChI is InChI=1S/C11H20N4O/c1-3-15-10(13-8-14-15)6-11(2,16)7-12-9-4-5-9/h8-9,12,16H,3-7H2,1-2H3. The van der Waals surface area contributed by atoms with E-state index in [0.29, 0.717) is 19.0 Å². The van der Waals surface area contributed by atoms with E-state index in [0.717, 1.165) is 12.4 Å². The Hall–Kier alpha value is -0.940. The summed E-state index contributed by atoms with van der Waals surface area (Å²) >= 11 is 0. The highest BCUT2D eigenvalue weighted by Gasteiger charge is 2.28. The van der Waals surface area contributed by atoms with Crippen molar-refractivity contribution in [1.29, 1.82) is 0 Å². The maximum atomic E-state index is 10.2. The number of nitrogens with one attached hydrogen (secondary N) is 1. The molecule has 0 saturated heterocycles. The second kappa shape index (κ2) is 4.51. The zero-order chi connectivity index (χ0) is 11.6. The van der Waals surface area contributed by atoms with Crippen molar-refractivity contribution in [2.24, 2.45) is 0 Å². The molecule has 1 aliphatic rings. The lowest BCUT2D eigenvalue weighted by atomic mass is 10.0.